The Morgan fingerprint density at radius 3 is 2.79 bits per heavy atom. The van der Waals surface area contributed by atoms with E-state index in [1.807, 2.05) is 0 Å². The molecule has 1 aliphatic heterocycles. The number of hydrogen-bond donors (Lipinski definition) is 1. The number of unbranched alkanes of at least 4 members (excludes halogenated alkanes) is 1. The van der Waals surface area contributed by atoms with Crippen molar-refractivity contribution in [2.75, 3.05) is 6.61 Å². The topological polar surface area (TPSA) is 29.5 Å². The minimum absolute atomic E-state index is 0.326. The van der Waals surface area contributed by atoms with Crippen LogP contribution in [0, 0.1) is 11.8 Å². The van der Waals surface area contributed by atoms with Crippen LogP contribution in [-0.4, -0.2) is 23.9 Å². The fourth-order valence-corrected chi connectivity index (χ4v) is 4.44. The molecule has 0 amide bonds. The Hall–Kier alpha value is -0.340. The van der Waals surface area contributed by atoms with Gasteiger partial charge < -0.3 is 9.84 Å². The molecule has 2 aliphatic carbocycles. The van der Waals surface area contributed by atoms with Crippen molar-refractivity contribution in [3.63, 3.8) is 0 Å². The summed E-state index contributed by atoms with van der Waals surface area (Å²) in [6, 6.07) is 0. The van der Waals surface area contributed by atoms with Crippen LogP contribution in [-0.2, 0) is 4.74 Å². The lowest BCUT2D eigenvalue weighted by molar-refractivity contribution is -0.107. The number of allylic oxidation sites excluding steroid dienone is 1. The lowest BCUT2D eigenvalue weighted by Crippen LogP contribution is -2.45. The van der Waals surface area contributed by atoms with Gasteiger partial charge in [0, 0.05) is 18.4 Å². The summed E-state index contributed by atoms with van der Waals surface area (Å²) >= 11 is 0. The van der Waals surface area contributed by atoms with Crippen molar-refractivity contribution >= 4 is 0 Å². The van der Waals surface area contributed by atoms with E-state index in [0.29, 0.717) is 24.7 Å². The molecular weight excluding hydrogens is 236 g/mol. The first kappa shape index (κ1) is 13.6. The summed E-state index contributed by atoms with van der Waals surface area (Å²) in [5, 5.41) is 8.96. The Morgan fingerprint density at radius 2 is 1.89 bits per heavy atom. The maximum Gasteiger partial charge on any atom is 0.0644 e. The Labute approximate surface area is 117 Å². The number of ether oxygens (including phenoxy) is 1. The van der Waals surface area contributed by atoms with E-state index in [2.05, 4.69) is 6.08 Å². The van der Waals surface area contributed by atoms with Crippen molar-refractivity contribution in [3.05, 3.63) is 11.6 Å². The molecule has 2 nitrogen and oxygen atoms in total. The highest BCUT2D eigenvalue weighted by molar-refractivity contribution is 5.20. The van der Waals surface area contributed by atoms with Gasteiger partial charge in [0.15, 0.2) is 0 Å². The van der Waals surface area contributed by atoms with Crippen molar-refractivity contribution in [1.29, 1.82) is 0 Å². The van der Waals surface area contributed by atoms with E-state index in [1.165, 1.54) is 44.9 Å². The van der Waals surface area contributed by atoms with E-state index in [4.69, 9.17) is 9.84 Å². The highest BCUT2D eigenvalue weighted by Crippen LogP contribution is 2.46. The molecule has 0 spiro atoms. The zero-order valence-corrected chi connectivity index (χ0v) is 12.0. The van der Waals surface area contributed by atoms with Gasteiger partial charge in [-0.05, 0) is 51.4 Å². The minimum atomic E-state index is 0.326. The third kappa shape index (κ3) is 2.90. The van der Waals surface area contributed by atoms with Crippen LogP contribution in [0.5, 0.6) is 0 Å². The third-order valence-corrected chi connectivity index (χ3v) is 5.35. The van der Waals surface area contributed by atoms with E-state index >= 15 is 0 Å². The van der Waals surface area contributed by atoms with Crippen LogP contribution in [0.4, 0.5) is 0 Å². The highest BCUT2D eigenvalue weighted by Gasteiger charge is 2.42. The second kappa shape index (κ2) is 6.41. The molecule has 4 atom stereocenters. The summed E-state index contributed by atoms with van der Waals surface area (Å²) in [4.78, 5) is 0. The largest absolute Gasteiger partial charge is 0.396 e. The number of aliphatic hydroxyl groups excluding tert-OH is 1. The smallest absolute Gasteiger partial charge is 0.0644 e. The SMILES string of the molecule is OCCCC[C@@H]1O[C@H]2CCCC[C@@H]2C2=CCCC[C@@H]21. The van der Waals surface area contributed by atoms with Gasteiger partial charge >= 0.3 is 0 Å². The lowest BCUT2D eigenvalue weighted by atomic mass is 9.68. The number of rotatable bonds is 4. The van der Waals surface area contributed by atoms with E-state index in [0.717, 1.165) is 25.2 Å². The van der Waals surface area contributed by atoms with Gasteiger partial charge in [-0.15, -0.1) is 0 Å². The zero-order valence-electron chi connectivity index (χ0n) is 12.0. The summed E-state index contributed by atoms with van der Waals surface area (Å²) in [7, 11) is 0. The third-order valence-electron chi connectivity index (χ3n) is 5.35. The first-order chi connectivity index (χ1) is 9.40. The Kier molecular flexibility index (Phi) is 4.60. The van der Waals surface area contributed by atoms with Gasteiger partial charge in [0.25, 0.3) is 0 Å². The maximum atomic E-state index is 8.96. The molecule has 3 aliphatic rings. The quantitative estimate of drug-likeness (QED) is 0.617. The molecule has 19 heavy (non-hydrogen) atoms. The summed E-state index contributed by atoms with van der Waals surface area (Å²) in [5.74, 6) is 1.44. The Morgan fingerprint density at radius 1 is 1.05 bits per heavy atom. The predicted molar refractivity (Wildman–Crippen MR) is 77.0 cm³/mol. The van der Waals surface area contributed by atoms with Crippen LogP contribution >= 0.6 is 0 Å². The fraction of sp³-hybridized carbons (Fsp3) is 0.882. The second-order valence-corrected chi connectivity index (χ2v) is 6.56. The van der Waals surface area contributed by atoms with Gasteiger partial charge in [-0.25, -0.2) is 0 Å². The molecule has 0 aromatic heterocycles. The van der Waals surface area contributed by atoms with Gasteiger partial charge in [-0.1, -0.05) is 24.5 Å². The normalized spacial score (nSPS) is 38.3. The fourth-order valence-electron chi connectivity index (χ4n) is 4.44. The van der Waals surface area contributed by atoms with Gasteiger partial charge in [-0.2, -0.15) is 0 Å². The molecule has 1 saturated heterocycles. The molecule has 1 N–H and O–H groups in total. The van der Waals surface area contributed by atoms with Crippen molar-refractivity contribution in [3.8, 4) is 0 Å². The molecule has 0 aromatic carbocycles. The van der Waals surface area contributed by atoms with Crippen molar-refractivity contribution in [2.24, 2.45) is 11.8 Å². The molecule has 0 unspecified atom stereocenters. The molecule has 2 heteroatoms. The first-order valence-corrected chi connectivity index (χ1v) is 8.36. The van der Waals surface area contributed by atoms with Crippen LogP contribution in [0.2, 0.25) is 0 Å². The molecule has 108 valence electrons. The molecule has 3 rings (SSSR count). The van der Waals surface area contributed by atoms with Crippen LogP contribution < -0.4 is 0 Å². The van der Waals surface area contributed by atoms with Crippen LogP contribution in [0.3, 0.4) is 0 Å². The summed E-state index contributed by atoms with van der Waals surface area (Å²) < 4.78 is 6.48. The minimum Gasteiger partial charge on any atom is -0.396 e. The van der Waals surface area contributed by atoms with Crippen LogP contribution in [0.25, 0.3) is 0 Å². The maximum absolute atomic E-state index is 8.96. The van der Waals surface area contributed by atoms with E-state index < -0.39 is 0 Å². The predicted octanol–water partition coefficient (Wildman–Crippen LogP) is 3.83. The van der Waals surface area contributed by atoms with Crippen molar-refractivity contribution in [1.82, 2.24) is 0 Å². The standard InChI is InChI=1S/C17H28O2/c18-12-6-5-11-17-14-8-2-1-7-13(14)15-9-3-4-10-16(15)19-17/h7,14-18H,1-6,8-12H2/t14-,15+,16-,17-/m0/s1. The number of fused-ring (bicyclic) bond motifs is 3. The summed E-state index contributed by atoms with van der Waals surface area (Å²) in [5.41, 5.74) is 1.76. The average Bonchev–Trinajstić information content (AvgIpc) is 2.47. The van der Waals surface area contributed by atoms with E-state index in [1.54, 1.807) is 5.57 Å². The summed E-state index contributed by atoms with van der Waals surface area (Å²) in [6.07, 6.45) is 16.0. The Balaban J connectivity index is 1.71. The molecule has 2 fully saturated rings. The second-order valence-electron chi connectivity index (χ2n) is 6.56. The van der Waals surface area contributed by atoms with E-state index in [9.17, 15) is 0 Å². The highest BCUT2D eigenvalue weighted by atomic mass is 16.5. The van der Waals surface area contributed by atoms with E-state index in [-0.39, 0.29) is 0 Å². The zero-order chi connectivity index (χ0) is 13.1. The van der Waals surface area contributed by atoms with Crippen LogP contribution in [0.15, 0.2) is 11.6 Å². The molecule has 1 heterocycles. The van der Waals surface area contributed by atoms with Gasteiger partial charge in [0.2, 0.25) is 0 Å². The number of aliphatic hydroxyl groups is 1. The molecular formula is C17H28O2. The van der Waals surface area contributed by atoms with Gasteiger partial charge in [0.1, 0.15) is 0 Å². The molecule has 0 bridgehead atoms. The molecule has 0 radical (unpaired) electrons. The molecule has 0 aromatic rings. The molecule has 1 saturated carbocycles. The lowest BCUT2D eigenvalue weighted by Gasteiger charge is -2.47. The Bertz CT molecular complexity index is 323. The van der Waals surface area contributed by atoms with Crippen molar-refractivity contribution in [2.45, 2.75) is 76.4 Å². The van der Waals surface area contributed by atoms with Crippen LogP contribution in [0.1, 0.15) is 64.2 Å². The van der Waals surface area contributed by atoms with Gasteiger partial charge in [-0.3, -0.25) is 0 Å². The first-order valence-electron chi connectivity index (χ1n) is 8.36. The average molecular weight is 264 g/mol. The monoisotopic (exact) mass is 264 g/mol. The number of hydrogen-bond acceptors (Lipinski definition) is 2. The van der Waals surface area contributed by atoms with Crippen molar-refractivity contribution < 1.29 is 9.84 Å². The van der Waals surface area contributed by atoms with Gasteiger partial charge in [0.05, 0.1) is 12.2 Å². The summed E-state index contributed by atoms with van der Waals surface area (Å²) in [6.45, 7) is 0.326.